The smallest absolute Gasteiger partial charge is 0.414 e. The van der Waals surface area contributed by atoms with Crippen LogP contribution in [0.2, 0.25) is 0 Å². The van der Waals surface area contributed by atoms with Crippen LogP contribution < -0.4 is 42.6 Å². The number of benzene rings is 14. The van der Waals surface area contributed by atoms with Crippen molar-refractivity contribution in [3.8, 4) is 33.4 Å². The minimum absolute atomic E-state index is 0.711. The van der Waals surface area contributed by atoms with Gasteiger partial charge < -0.3 is 17.1 Å². The summed E-state index contributed by atoms with van der Waals surface area (Å²) in [5.41, 5.74) is 35.0. The molecule has 0 aliphatic carbocycles. The first-order valence-electron chi connectivity index (χ1n) is 48.2. The molecule has 680 valence electrons. The van der Waals surface area contributed by atoms with Gasteiger partial charge in [0.05, 0.1) is 28.4 Å². The number of aromatic nitrogens is 3. The number of pyridine rings is 3. The number of aryl methyl sites for hydroxylation is 1. The van der Waals surface area contributed by atoms with Gasteiger partial charge >= 0.3 is 25.4 Å². The second kappa shape index (κ2) is 40.9. The van der Waals surface area contributed by atoms with Gasteiger partial charge in [-0.3, -0.25) is 15.0 Å². The number of hydrogen-bond acceptors (Lipinski definition) is 6. The SMILES string of the molecule is C[O+]1CC(c2ccccc2)=C(c2ccc(-c3ccccc3)cc2)[B-]1(c1ccc(-c2ccccc2)cc1)c1ccc(-c2ccccc2)cc1.C[O+]1CC(c2ccccc2)=C(c2ccccn2)[B-]1(c1ccccn1)c1ccccn1.C[O+]1CC(c2ccccc2)=C(c2cccs2)[B-]1(c1cccs1)c1cccs1.Cc1ccc([B-]2(c3ccccc3)C(c3ccc4ccccc4c3)=C(c3ccccc3)C[O+]2C)cc1. The van der Waals surface area contributed by atoms with Crippen LogP contribution >= 0.6 is 34.0 Å². The van der Waals surface area contributed by atoms with Crippen molar-refractivity contribution in [2.75, 3.05) is 54.9 Å². The van der Waals surface area contributed by atoms with Crippen molar-refractivity contribution in [2.45, 2.75) is 6.92 Å². The molecule has 1 atom stereocenters. The highest BCUT2D eigenvalue weighted by molar-refractivity contribution is 7.40. The number of rotatable bonds is 19. The zero-order valence-electron chi connectivity index (χ0n) is 79.3. The predicted molar refractivity (Wildman–Crippen MR) is 603 cm³/mol. The van der Waals surface area contributed by atoms with Crippen molar-refractivity contribution in [1.82, 2.24) is 15.0 Å². The molecule has 6 aromatic heterocycles. The normalized spacial score (nSPS) is 16.2. The molecular weight excluding hydrogens is 1760 g/mol. The van der Waals surface area contributed by atoms with E-state index in [1.165, 1.54) is 158 Å². The van der Waals surface area contributed by atoms with E-state index in [0.29, 0.717) is 6.61 Å². The van der Waals surface area contributed by atoms with Crippen LogP contribution in [0.1, 0.15) is 49.5 Å². The maximum atomic E-state index is 4.83. The van der Waals surface area contributed by atoms with Crippen LogP contribution in [-0.4, -0.2) is 95.2 Å². The topological polar surface area (TPSA) is 49.5 Å². The van der Waals surface area contributed by atoms with E-state index in [1.54, 1.807) is 0 Å². The lowest BCUT2D eigenvalue weighted by molar-refractivity contribution is 0.0923. The Morgan fingerprint density at radius 3 is 0.914 bits per heavy atom. The second-order valence-corrected chi connectivity index (χ2v) is 40.0. The lowest BCUT2D eigenvalue weighted by Gasteiger charge is -2.43. The Morgan fingerprint density at radius 1 is 0.214 bits per heavy atom. The van der Waals surface area contributed by atoms with E-state index in [4.69, 9.17) is 15.0 Å². The van der Waals surface area contributed by atoms with Crippen molar-refractivity contribution in [2.24, 2.45) is 0 Å². The maximum Gasteiger partial charge on any atom is 0.414 e. The Balaban J connectivity index is 0.000000114. The first-order valence-corrected chi connectivity index (χ1v) is 50.9. The Labute approximate surface area is 835 Å². The number of nitrogens with zero attached hydrogens (tertiary/aromatic N) is 3. The standard InChI is InChI=1S/C46H37BO.C33H29BO.C25H22BN3O.C22H19BOS3/c1-48-34-45(41-20-12-5-13-21-41)46(42-24-22-38(23-25-42)35-14-6-2-7-15-35)47(48,43-30-26-39(27-31-43)36-16-8-3-9-17-36)44-32-28-40(29-33-44)37-18-10-4-11-19-37;1-25-17-21-31(22-18-25)34(30-15-7-4-8-16-30)33(29-20-19-26-11-9-10-14-28(26)23-29)32(24-35(34)2)27-12-5-3-6-13-27;1-30-19-21(20-11-3-2-4-12-20)25(22-13-5-8-16-27-22)26(30,23-14-6-9-17-28-23)24-15-7-10-18-29-24;1-24-16-18(17-8-3-2-4-9-17)22(19-10-5-13-25-19)23(24,20-11-6-14-26-20)21-12-7-15-27-21/h2-33H,34H2,1H3;3-23H,24H2,1-2H3;2-18H,19H2,1H3;2-15H,16H2,1H3. The monoisotopic (exact) mass is 1870 g/mol. The van der Waals surface area contributed by atoms with Gasteiger partial charge in [-0.2, -0.15) is 22.7 Å². The number of fused-ring (bicyclic) bond motifs is 1. The van der Waals surface area contributed by atoms with Crippen LogP contribution in [0.4, 0.5) is 0 Å². The molecule has 20 aromatic rings. The van der Waals surface area contributed by atoms with Gasteiger partial charge in [0, 0.05) is 51.5 Å². The van der Waals surface area contributed by atoms with Crippen LogP contribution in [-0.2, 0) is 17.1 Å². The van der Waals surface area contributed by atoms with Crippen molar-refractivity contribution in [1.29, 1.82) is 0 Å². The summed E-state index contributed by atoms with van der Waals surface area (Å²) in [6.45, 7) is 5.33. The van der Waals surface area contributed by atoms with E-state index < -0.39 is 25.4 Å². The minimum atomic E-state index is -1.64. The zero-order chi connectivity index (χ0) is 94.8. The third-order valence-corrected chi connectivity index (χ3v) is 32.3. The highest BCUT2D eigenvalue weighted by Crippen LogP contribution is 2.50. The first kappa shape index (κ1) is 91.4. The third-order valence-electron chi connectivity index (χ3n) is 29.3. The molecule has 14 heteroatoms. The van der Waals surface area contributed by atoms with Crippen LogP contribution in [0.15, 0.2) is 508 Å². The van der Waals surface area contributed by atoms with Gasteiger partial charge in [0.25, 0.3) is 0 Å². The fourth-order valence-corrected chi connectivity index (χ4v) is 26.1. The van der Waals surface area contributed by atoms with Gasteiger partial charge in [-0.15, -0.1) is 33.2 Å². The van der Waals surface area contributed by atoms with Gasteiger partial charge in [-0.1, -0.05) is 485 Å². The quantitative estimate of drug-likeness (QED) is 0.0599. The summed E-state index contributed by atoms with van der Waals surface area (Å²) in [4.78, 5) is 15.8. The molecule has 0 spiro atoms. The van der Waals surface area contributed by atoms with Crippen molar-refractivity contribution in [3.05, 3.63) is 557 Å². The maximum absolute atomic E-state index is 4.83. The number of thiophene rings is 3. The average Bonchev–Trinajstić information content (AvgIpc) is 1.54. The molecule has 0 amide bonds. The van der Waals surface area contributed by atoms with E-state index in [2.05, 4.69) is 499 Å². The summed E-state index contributed by atoms with van der Waals surface area (Å²) in [6, 6.07) is 170. The molecule has 0 saturated heterocycles. The number of hydrogen-bond donors (Lipinski definition) is 0. The molecule has 0 radical (unpaired) electrons. The molecule has 0 fully saturated rings. The summed E-state index contributed by atoms with van der Waals surface area (Å²) in [6.07, 6.45) is -0.306. The van der Waals surface area contributed by atoms with E-state index in [0.717, 1.165) is 42.2 Å². The Bertz CT molecular complexity index is 7570. The Hall–Kier alpha value is -15.1. The Kier molecular flexibility index (Phi) is 26.7. The largest absolute Gasteiger partial charge is 0.659 e. The van der Waals surface area contributed by atoms with E-state index in [9.17, 15) is 0 Å². The zero-order valence-corrected chi connectivity index (χ0v) is 81.8. The molecular formula is C126H107B4N3O4S3. The molecule has 10 heterocycles. The molecule has 0 bridgehead atoms. The lowest BCUT2D eigenvalue weighted by atomic mass is 9.27. The van der Waals surface area contributed by atoms with E-state index >= 15 is 0 Å². The molecule has 7 nitrogen and oxygen atoms in total. The minimum Gasteiger partial charge on any atom is -0.659 e. The summed E-state index contributed by atoms with van der Waals surface area (Å²) < 4.78 is 17.2. The van der Waals surface area contributed by atoms with Crippen molar-refractivity contribution < 1.29 is 17.1 Å². The van der Waals surface area contributed by atoms with Gasteiger partial charge in [0.15, 0.2) is 0 Å². The summed E-state index contributed by atoms with van der Waals surface area (Å²) in [5, 5.41) is 9.13. The molecule has 4 aliphatic heterocycles. The molecule has 0 saturated carbocycles. The molecule has 140 heavy (non-hydrogen) atoms. The molecule has 24 rings (SSSR count). The molecule has 1 unspecified atom stereocenters. The van der Waals surface area contributed by atoms with Crippen LogP contribution in [0, 0.1) is 6.92 Å². The van der Waals surface area contributed by atoms with Gasteiger partial charge in [0.2, 0.25) is 0 Å². The summed E-state index contributed by atoms with van der Waals surface area (Å²) >= 11 is 5.57. The van der Waals surface area contributed by atoms with Gasteiger partial charge in [-0.25, -0.2) is 0 Å². The van der Waals surface area contributed by atoms with Crippen molar-refractivity contribution in [3.63, 3.8) is 0 Å². The third kappa shape index (κ3) is 17.2. The second-order valence-electron chi connectivity index (χ2n) is 37.1. The fourth-order valence-electron chi connectivity index (χ4n) is 23.0. The van der Waals surface area contributed by atoms with Gasteiger partial charge in [0.1, 0.15) is 26.4 Å². The highest BCUT2D eigenvalue weighted by Gasteiger charge is 2.57. The summed E-state index contributed by atoms with van der Waals surface area (Å²) in [5.74, 6) is 0. The lowest BCUT2D eigenvalue weighted by Crippen LogP contribution is -2.66. The molecule has 4 aliphatic rings. The molecule has 0 N–H and O–H groups in total. The Morgan fingerprint density at radius 2 is 0.521 bits per heavy atom. The summed E-state index contributed by atoms with van der Waals surface area (Å²) in [7, 11) is 8.74. The van der Waals surface area contributed by atoms with Crippen LogP contribution in [0.25, 0.3) is 88.3 Å². The van der Waals surface area contributed by atoms with E-state index in [-0.39, 0.29) is 0 Å². The fraction of sp³-hybridized carbons (Fsp3) is 0.0714. The van der Waals surface area contributed by atoms with Crippen LogP contribution in [0.5, 0.6) is 0 Å². The first-order chi connectivity index (χ1) is 69.0. The highest BCUT2D eigenvalue weighted by atomic mass is 32.1. The van der Waals surface area contributed by atoms with E-state index in [1.807, 2.05) is 95.1 Å². The van der Waals surface area contributed by atoms with Crippen LogP contribution in [0.3, 0.4) is 0 Å². The predicted octanol–water partition coefficient (Wildman–Crippen LogP) is 25.2. The molecule has 14 aromatic carbocycles. The van der Waals surface area contributed by atoms with Crippen molar-refractivity contribution >= 4 is 157 Å². The van der Waals surface area contributed by atoms with Gasteiger partial charge in [-0.05, 0) is 137 Å². The average molecular weight is 1870 g/mol.